The van der Waals surface area contributed by atoms with Crippen molar-refractivity contribution in [2.45, 2.75) is 13.5 Å². The minimum Gasteiger partial charge on any atom is -0.496 e. The first-order valence-corrected chi connectivity index (χ1v) is 6.22. The number of benzene rings is 2. The van der Waals surface area contributed by atoms with Crippen LogP contribution in [0.2, 0.25) is 0 Å². The van der Waals surface area contributed by atoms with Crippen molar-refractivity contribution in [2.75, 3.05) is 12.4 Å². The molecule has 0 amide bonds. The number of aryl methyl sites for hydroxylation is 1. The number of anilines is 1. The number of non-ortho nitro benzene ring substituents is 1. The molecule has 0 unspecified atom stereocenters. The highest BCUT2D eigenvalue weighted by atomic mass is 16.6. The maximum absolute atomic E-state index is 10.8. The fourth-order valence-electron chi connectivity index (χ4n) is 1.97. The quantitative estimate of drug-likeness (QED) is 0.668. The lowest BCUT2D eigenvalue weighted by atomic mass is 10.1. The fraction of sp³-hybridized carbons (Fsp3) is 0.200. The molecule has 5 heteroatoms. The number of rotatable bonds is 5. The lowest BCUT2D eigenvalue weighted by Crippen LogP contribution is -2.03. The highest BCUT2D eigenvalue weighted by Gasteiger charge is 2.11. The number of nitro groups is 1. The normalized spacial score (nSPS) is 10.1. The summed E-state index contributed by atoms with van der Waals surface area (Å²) in [6, 6.07) is 12.5. The second-order valence-corrected chi connectivity index (χ2v) is 4.48. The number of nitro benzene ring substituents is 1. The van der Waals surface area contributed by atoms with E-state index >= 15 is 0 Å². The van der Waals surface area contributed by atoms with Crippen LogP contribution in [0.1, 0.15) is 11.1 Å². The monoisotopic (exact) mass is 272 g/mol. The van der Waals surface area contributed by atoms with E-state index in [9.17, 15) is 10.1 Å². The van der Waals surface area contributed by atoms with Crippen molar-refractivity contribution in [2.24, 2.45) is 0 Å². The summed E-state index contributed by atoms with van der Waals surface area (Å²) in [4.78, 5) is 10.4. The van der Waals surface area contributed by atoms with Gasteiger partial charge in [0.05, 0.1) is 12.0 Å². The van der Waals surface area contributed by atoms with Gasteiger partial charge in [0.15, 0.2) is 0 Å². The van der Waals surface area contributed by atoms with Gasteiger partial charge in [-0.2, -0.15) is 0 Å². The Labute approximate surface area is 117 Å². The van der Waals surface area contributed by atoms with Crippen LogP contribution in [0.25, 0.3) is 0 Å². The summed E-state index contributed by atoms with van der Waals surface area (Å²) in [6.07, 6.45) is 0. The molecule has 0 aliphatic heterocycles. The number of hydrogen-bond donors (Lipinski definition) is 1. The zero-order valence-electron chi connectivity index (χ0n) is 11.4. The highest BCUT2D eigenvalue weighted by molar-refractivity contribution is 5.49. The van der Waals surface area contributed by atoms with Crippen molar-refractivity contribution >= 4 is 11.4 Å². The molecule has 0 atom stereocenters. The summed E-state index contributed by atoms with van der Waals surface area (Å²) < 4.78 is 5.23. The zero-order valence-corrected chi connectivity index (χ0v) is 11.4. The SMILES string of the molecule is COc1ccc([N+](=O)[O-])cc1CNc1cccc(C)c1. The Kier molecular flexibility index (Phi) is 4.20. The molecule has 0 radical (unpaired) electrons. The van der Waals surface area contributed by atoms with Crippen molar-refractivity contribution in [3.05, 3.63) is 63.7 Å². The van der Waals surface area contributed by atoms with E-state index < -0.39 is 4.92 Å². The molecule has 0 heterocycles. The third-order valence-electron chi connectivity index (χ3n) is 2.98. The molecule has 0 bridgehead atoms. The van der Waals surface area contributed by atoms with Crippen molar-refractivity contribution in [1.82, 2.24) is 0 Å². The molecule has 20 heavy (non-hydrogen) atoms. The Morgan fingerprint density at radius 3 is 2.70 bits per heavy atom. The number of nitrogens with one attached hydrogen (secondary N) is 1. The van der Waals surface area contributed by atoms with Gasteiger partial charge in [-0.3, -0.25) is 10.1 Å². The van der Waals surface area contributed by atoms with Gasteiger partial charge in [0.2, 0.25) is 0 Å². The Morgan fingerprint density at radius 1 is 1.25 bits per heavy atom. The minimum atomic E-state index is -0.407. The van der Waals surface area contributed by atoms with Crippen molar-refractivity contribution < 1.29 is 9.66 Å². The molecule has 2 rings (SSSR count). The first-order valence-electron chi connectivity index (χ1n) is 6.22. The Bertz CT molecular complexity index is 626. The van der Waals surface area contributed by atoms with Gasteiger partial charge >= 0.3 is 0 Å². The van der Waals surface area contributed by atoms with Crippen molar-refractivity contribution in [1.29, 1.82) is 0 Å². The molecule has 0 spiro atoms. The molecular weight excluding hydrogens is 256 g/mol. The van der Waals surface area contributed by atoms with Crippen LogP contribution in [-0.4, -0.2) is 12.0 Å². The van der Waals surface area contributed by atoms with Crippen molar-refractivity contribution in [3.8, 4) is 5.75 Å². The van der Waals surface area contributed by atoms with Crippen LogP contribution in [0.3, 0.4) is 0 Å². The molecule has 0 saturated heterocycles. The maximum atomic E-state index is 10.8. The van der Waals surface area contributed by atoms with Gasteiger partial charge in [-0.05, 0) is 30.7 Å². The summed E-state index contributed by atoms with van der Waals surface area (Å²) in [5, 5.41) is 14.1. The zero-order chi connectivity index (χ0) is 14.5. The smallest absolute Gasteiger partial charge is 0.270 e. The third-order valence-corrected chi connectivity index (χ3v) is 2.98. The minimum absolute atomic E-state index is 0.0619. The molecule has 5 nitrogen and oxygen atoms in total. The van der Waals surface area contributed by atoms with Gasteiger partial charge in [0.1, 0.15) is 5.75 Å². The number of methoxy groups -OCH3 is 1. The Balaban J connectivity index is 2.19. The van der Waals surface area contributed by atoms with Crippen LogP contribution in [0.5, 0.6) is 5.75 Å². The number of nitrogens with zero attached hydrogens (tertiary/aromatic N) is 1. The first-order chi connectivity index (χ1) is 9.60. The van der Waals surface area contributed by atoms with Gasteiger partial charge in [-0.15, -0.1) is 0 Å². The summed E-state index contributed by atoms with van der Waals surface area (Å²) in [7, 11) is 1.55. The van der Waals surface area contributed by atoms with E-state index in [-0.39, 0.29) is 5.69 Å². The standard InChI is InChI=1S/C15H16N2O3/c1-11-4-3-5-13(8-11)16-10-12-9-14(17(18)19)6-7-15(12)20-2/h3-9,16H,10H2,1-2H3. The van der Waals surface area contributed by atoms with Crippen LogP contribution in [0, 0.1) is 17.0 Å². The Hall–Kier alpha value is -2.56. The molecular formula is C15H16N2O3. The molecule has 2 aromatic carbocycles. The molecule has 0 fully saturated rings. The number of ether oxygens (including phenoxy) is 1. The first kappa shape index (κ1) is 13.9. The van der Waals surface area contributed by atoms with Crippen LogP contribution >= 0.6 is 0 Å². The highest BCUT2D eigenvalue weighted by Crippen LogP contribution is 2.25. The lowest BCUT2D eigenvalue weighted by Gasteiger charge is -2.11. The number of hydrogen-bond acceptors (Lipinski definition) is 4. The van der Waals surface area contributed by atoms with Gasteiger partial charge in [-0.25, -0.2) is 0 Å². The molecule has 1 N–H and O–H groups in total. The molecule has 0 aliphatic rings. The summed E-state index contributed by atoms with van der Waals surface area (Å²) in [5.41, 5.74) is 2.94. The van der Waals surface area contributed by atoms with E-state index in [1.54, 1.807) is 13.2 Å². The third kappa shape index (κ3) is 3.26. The topological polar surface area (TPSA) is 64.4 Å². The molecule has 104 valence electrons. The van der Waals surface area contributed by atoms with E-state index in [1.165, 1.54) is 12.1 Å². The van der Waals surface area contributed by atoms with E-state index in [0.717, 1.165) is 16.8 Å². The lowest BCUT2D eigenvalue weighted by molar-refractivity contribution is -0.384. The van der Waals surface area contributed by atoms with Gasteiger partial charge in [0.25, 0.3) is 5.69 Å². The van der Waals surface area contributed by atoms with E-state index in [1.807, 2.05) is 31.2 Å². The van der Waals surface area contributed by atoms with Gasteiger partial charge in [0, 0.05) is 29.9 Å². The van der Waals surface area contributed by atoms with E-state index in [0.29, 0.717) is 12.3 Å². The average molecular weight is 272 g/mol. The van der Waals surface area contributed by atoms with Crippen LogP contribution in [0.15, 0.2) is 42.5 Å². The second kappa shape index (κ2) is 6.06. The summed E-state index contributed by atoms with van der Waals surface area (Å²) in [5.74, 6) is 0.635. The largest absolute Gasteiger partial charge is 0.496 e. The van der Waals surface area contributed by atoms with Gasteiger partial charge < -0.3 is 10.1 Å². The van der Waals surface area contributed by atoms with Crippen LogP contribution in [-0.2, 0) is 6.54 Å². The predicted molar refractivity (Wildman–Crippen MR) is 78.2 cm³/mol. The summed E-state index contributed by atoms with van der Waals surface area (Å²) in [6.45, 7) is 2.48. The van der Waals surface area contributed by atoms with Crippen LogP contribution < -0.4 is 10.1 Å². The maximum Gasteiger partial charge on any atom is 0.270 e. The second-order valence-electron chi connectivity index (χ2n) is 4.48. The Morgan fingerprint density at radius 2 is 2.05 bits per heavy atom. The molecule has 2 aromatic rings. The van der Waals surface area contributed by atoms with Gasteiger partial charge in [-0.1, -0.05) is 12.1 Å². The molecule has 0 saturated carbocycles. The molecule has 0 aliphatic carbocycles. The van der Waals surface area contributed by atoms with E-state index in [2.05, 4.69) is 5.32 Å². The fourth-order valence-corrected chi connectivity index (χ4v) is 1.97. The van der Waals surface area contributed by atoms with Crippen molar-refractivity contribution in [3.63, 3.8) is 0 Å². The average Bonchev–Trinajstić information content (AvgIpc) is 2.44. The van der Waals surface area contributed by atoms with Crippen LogP contribution in [0.4, 0.5) is 11.4 Å². The molecule has 0 aromatic heterocycles. The predicted octanol–water partition coefficient (Wildman–Crippen LogP) is 3.52. The van der Waals surface area contributed by atoms with E-state index in [4.69, 9.17) is 4.74 Å². The summed E-state index contributed by atoms with van der Waals surface area (Å²) >= 11 is 0.